The third kappa shape index (κ3) is 4.12. The second kappa shape index (κ2) is 7.53. The lowest BCUT2D eigenvalue weighted by Gasteiger charge is -2.32. The highest BCUT2D eigenvalue weighted by atomic mass is 16.7. The lowest BCUT2D eigenvalue weighted by molar-refractivity contribution is -0.148. The SMILES string of the molecule is COC1=C(B2OC(C)(C)C(C)(C)O2)C=CC(C(=O)OCc2ccccc2)C1. The lowest BCUT2D eigenvalue weighted by Crippen LogP contribution is -2.41. The Bertz CT molecular complexity index is 735. The zero-order valence-corrected chi connectivity index (χ0v) is 16.7. The maximum atomic E-state index is 12.5. The van der Waals surface area contributed by atoms with Crippen molar-refractivity contribution >= 4 is 13.1 Å². The van der Waals surface area contributed by atoms with E-state index in [2.05, 4.69) is 0 Å². The van der Waals surface area contributed by atoms with Gasteiger partial charge in [-0.05, 0) is 33.3 Å². The van der Waals surface area contributed by atoms with Crippen LogP contribution in [0.2, 0.25) is 0 Å². The Morgan fingerprint density at radius 2 is 1.78 bits per heavy atom. The van der Waals surface area contributed by atoms with Crippen molar-refractivity contribution in [2.75, 3.05) is 7.11 Å². The smallest absolute Gasteiger partial charge is 0.498 e. The lowest BCUT2D eigenvalue weighted by atomic mass is 9.73. The molecule has 2 aliphatic rings. The summed E-state index contributed by atoms with van der Waals surface area (Å²) in [6, 6.07) is 9.64. The summed E-state index contributed by atoms with van der Waals surface area (Å²) in [7, 11) is 1.09. The molecule has 1 fully saturated rings. The quantitative estimate of drug-likeness (QED) is 0.582. The van der Waals surface area contributed by atoms with Crippen LogP contribution in [0.1, 0.15) is 39.7 Å². The van der Waals surface area contributed by atoms with Crippen LogP contribution in [-0.2, 0) is 30.2 Å². The molecular weight excluding hydrogens is 343 g/mol. The second-order valence-electron chi connectivity index (χ2n) is 7.93. The predicted octanol–water partition coefficient (Wildman–Crippen LogP) is 3.84. The van der Waals surface area contributed by atoms with Crippen molar-refractivity contribution in [3.63, 3.8) is 0 Å². The zero-order chi connectivity index (χ0) is 19.7. The van der Waals surface area contributed by atoms with Crippen LogP contribution < -0.4 is 0 Å². The number of carbonyl (C=O) groups excluding carboxylic acids is 1. The van der Waals surface area contributed by atoms with Crippen molar-refractivity contribution in [3.05, 3.63) is 59.3 Å². The summed E-state index contributed by atoms with van der Waals surface area (Å²) >= 11 is 0. The second-order valence-corrected chi connectivity index (χ2v) is 7.93. The first-order valence-electron chi connectivity index (χ1n) is 9.25. The fourth-order valence-corrected chi connectivity index (χ4v) is 3.08. The monoisotopic (exact) mass is 370 g/mol. The molecule has 27 heavy (non-hydrogen) atoms. The highest BCUT2D eigenvalue weighted by molar-refractivity contribution is 6.55. The summed E-state index contributed by atoms with van der Waals surface area (Å²) in [5.74, 6) is 0.0464. The van der Waals surface area contributed by atoms with Gasteiger partial charge < -0.3 is 18.8 Å². The largest absolute Gasteiger partial charge is 0.501 e. The first-order chi connectivity index (χ1) is 12.7. The molecule has 1 aliphatic heterocycles. The molecule has 1 unspecified atom stereocenters. The Morgan fingerprint density at radius 1 is 1.15 bits per heavy atom. The maximum absolute atomic E-state index is 12.5. The molecule has 1 aromatic carbocycles. The Balaban J connectivity index is 1.66. The third-order valence-electron chi connectivity index (χ3n) is 5.52. The van der Waals surface area contributed by atoms with E-state index in [-0.39, 0.29) is 18.5 Å². The van der Waals surface area contributed by atoms with E-state index in [0.717, 1.165) is 11.0 Å². The summed E-state index contributed by atoms with van der Waals surface area (Å²) < 4.78 is 23.2. The number of ether oxygens (including phenoxy) is 2. The number of methoxy groups -OCH3 is 1. The summed E-state index contributed by atoms with van der Waals surface area (Å²) in [6.07, 6.45) is 4.13. The van der Waals surface area contributed by atoms with Crippen molar-refractivity contribution in [1.82, 2.24) is 0 Å². The average molecular weight is 370 g/mol. The molecule has 3 rings (SSSR count). The van der Waals surface area contributed by atoms with Crippen molar-refractivity contribution in [3.8, 4) is 0 Å². The fourth-order valence-electron chi connectivity index (χ4n) is 3.08. The van der Waals surface area contributed by atoms with Gasteiger partial charge >= 0.3 is 13.1 Å². The number of rotatable bonds is 5. The minimum atomic E-state index is -0.512. The van der Waals surface area contributed by atoms with Crippen LogP contribution in [0.25, 0.3) is 0 Å². The molecule has 0 aromatic heterocycles. The van der Waals surface area contributed by atoms with E-state index in [1.165, 1.54) is 0 Å². The van der Waals surface area contributed by atoms with Crippen molar-refractivity contribution < 1.29 is 23.6 Å². The van der Waals surface area contributed by atoms with Crippen LogP contribution in [0.4, 0.5) is 0 Å². The van der Waals surface area contributed by atoms with E-state index < -0.39 is 18.3 Å². The van der Waals surface area contributed by atoms with E-state index in [9.17, 15) is 4.79 Å². The molecule has 1 heterocycles. The molecule has 0 radical (unpaired) electrons. The molecule has 1 aliphatic carbocycles. The van der Waals surface area contributed by atoms with Gasteiger partial charge in [-0.2, -0.15) is 0 Å². The molecule has 0 saturated carbocycles. The van der Waals surface area contributed by atoms with Gasteiger partial charge in [0.2, 0.25) is 0 Å². The minimum absolute atomic E-state index is 0.264. The molecule has 5 nitrogen and oxygen atoms in total. The molecule has 0 amide bonds. The number of hydrogen-bond donors (Lipinski definition) is 0. The van der Waals surface area contributed by atoms with Crippen LogP contribution in [-0.4, -0.2) is 31.4 Å². The van der Waals surface area contributed by atoms with E-state index in [1.54, 1.807) is 7.11 Å². The first kappa shape index (κ1) is 19.7. The van der Waals surface area contributed by atoms with Crippen molar-refractivity contribution in [2.45, 2.75) is 51.9 Å². The van der Waals surface area contributed by atoms with Crippen LogP contribution in [0.15, 0.2) is 53.7 Å². The minimum Gasteiger partial charge on any atom is -0.501 e. The van der Waals surface area contributed by atoms with Crippen molar-refractivity contribution in [2.24, 2.45) is 5.92 Å². The predicted molar refractivity (Wildman–Crippen MR) is 104 cm³/mol. The highest BCUT2D eigenvalue weighted by Crippen LogP contribution is 2.40. The number of carbonyl (C=O) groups is 1. The van der Waals surface area contributed by atoms with Crippen LogP contribution in [0.5, 0.6) is 0 Å². The fraction of sp³-hybridized carbons (Fsp3) is 0.476. The average Bonchev–Trinajstić information content (AvgIpc) is 2.87. The van der Waals surface area contributed by atoms with E-state index in [1.807, 2.05) is 70.2 Å². The Labute approximate surface area is 161 Å². The van der Waals surface area contributed by atoms with Crippen LogP contribution in [0, 0.1) is 5.92 Å². The molecule has 0 spiro atoms. The van der Waals surface area contributed by atoms with Crippen LogP contribution in [0.3, 0.4) is 0 Å². The standard InChI is InChI=1S/C21H27BO5/c1-20(2)21(3,4)27-22(26-20)17-12-11-16(13-18(17)24-5)19(23)25-14-15-9-7-6-8-10-15/h6-12,16H,13-14H2,1-5H3. The van der Waals surface area contributed by atoms with Crippen LogP contribution >= 0.6 is 0 Å². The highest BCUT2D eigenvalue weighted by Gasteiger charge is 2.53. The van der Waals surface area contributed by atoms with E-state index in [4.69, 9.17) is 18.8 Å². The van der Waals surface area contributed by atoms with Crippen molar-refractivity contribution in [1.29, 1.82) is 0 Å². The summed E-state index contributed by atoms with van der Waals surface area (Å²) in [4.78, 5) is 12.5. The molecule has 0 N–H and O–H groups in total. The molecule has 6 heteroatoms. The van der Waals surface area contributed by atoms with Gasteiger partial charge in [-0.25, -0.2) is 0 Å². The molecule has 1 saturated heterocycles. The normalized spacial score (nSPS) is 23.4. The Kier molecular flexibility index (Phi) is 5.49. The number of esters is 1. The summed E-state index contributed by atoms with van der Waals surface area (Å²) in [5.41, 5.74) is 0.931. The third-order valence-corrected chi connectivity index (χ3v) is 5.52. The van der Waals surface area contributed by atoms with Gasteiger partial charge in [-0.3, -0.25) is 4.79 Å². The van der Waals surface area contributed by atoms with Gasteiger partial charge in [-0.15, -0.1) is 0 Å². The first-order valence-corrected chi connectivity index (χ1v) is 9.25. The number of benzene rings is 1. The summed E-state index contributed by atoms with van der Waals surface area (Å²) in [5, 5.41) is 0. The summed E-state index contributed by atoms with van der Waals surface area (Å²) in [6.45, 7) is 8.31. The van der Waals surface area contributed by atoms with Gasteiger partial charge in [0.15, 0.2) is 0 Å². The molecule has 1 aromatic rings. The topological polar surface area (TPSA) is 54.0 Å². The molecule has 1 atom stereocenters. The molecule has 144 valence electrons. The Hall–Kier alpha value is -2.05. The molecule has 0 bridgehead atoms. The van der Waals surface area contributed by atoms with Gasteiger partial charge in [0, 0.05) is 11.9 Å². The maximum Gasteiger partial charge on any atom is 0.498 e. The Morgan fingerprint density at radius 3 is 2.37 bits per heavy atom. The van der Waals surface area contributed by atoms with Gasteiger partial charge in [0.1, 0.15) is 6.61 Å². The van der Waals surface area contributed by atoms with Gasteiger partial charge in [0.05, 0.1) is 30.0 Å². The number of hydrogen-bond acceptors (Lipinski definition) is 5. The zero-order valence-electron chi connectivity index (χ0n) is 16.7. The van der Waals surface area contributed by atoms with E-state index >= 15 is 0 Å². The molecular formula is C21H27BO5. The van der Waals surface area contributed by atoms with E-state index in [0.29, 0.717) is 12.2 Å². The van der Waals surface area contributed by atoms with Gasteiger partial charge in [-0.1, -0.05) is 42.5 Å². The number of allylic oxidation sites excluding steroid dienone is 3. The van der Waals surface area contributed by atoms with Gasteiger partial charge in [0.25, 0.3) is 0 Å².